The largest absolute Gasteiger partial charge is 0.481 e. The van der Waals surface area contributed by atoms with Crippen molar-refractivity contribution in [3.05, 3.63) is 0 Å². The van der Waals surface area contributed by atoms with E-state index in [0.717, 1.165) is 0 Å². The topological polar surface area (TPSA) is 537 Å². The minimum Gasteiger partial charge on any atom is -0.481 e. The van der Waals surface area contributed by atoms with E-state index in [1.165, 1.54) is 118 Å². The third-order valence-corrected chi connectivity index (χ3v) is 13.9. The Hall–Kier alpha value is -9.05. The normalized spacial score (nSPS) is 15.1. The summed E-state index contributed by atoms with van der Waals surface area (Å²) in [5.41, 5.74) is -2.88. The molecule has 0 fully saturated rings. The van der Waals surface area contributed by atoms with Gasteiger partial charge in [0.1, 0.15) is 82.1 Å². The number of carbonyl (C=O) groups excluding carboxylic acids is 15. The van der Waals surface area contributed by atoms with Crippen molar-refractivity contribution in [1.29, 1.82) is 0 Å². The van der Waals surface area contributed by atoms with Gasteiger partial charge in [0.25, 0.3) is 0 Å². The van der Waals surface area contributed by atoms with Gasteiger partial charge in [-0.3, -0.25) is 76.7 Å². The summed E-state index contributed by atoms with van der Waals surface area (Å²) in [6.07, 6.45) is -0.694. The number of hydrogen-bond acceptors (Lipinski definition) is 18. The van der Waals surface area contributed by atoms with E-state index >= 15 is 0 Å². The van der Waals surface area contributed by atoms with Crippen molar-refractivity contribution in [3.63, 3.8) is 0 Å². The van der Waals surface area contributed by atoms with Gasteiger partial charge in [-0.15, -0.1) is 0 Å². The Labute approximate surface area is 534 Å². The fraction of sp³-hybridized carbons (Fsp3) is 0.702. The summed E-state index contributed by atoms with van der Waals surface area (Å²) in [6.45, 7) is 27.8. The van der Waals surface area contributed by atoms with Gasteiger partial charge in [0.2, 0.25) is 88.6 Å². The van der Waals surface area contributed by atoms with Gasteiger partial charge in [-0.2, -0.15) is 0 Å². The van der Waals surface area contributed by atoms with Gasteiger partial charge in [-0.25, -0.2) is 4.79 Å². The summed E-state index contributed by atoms with van der Waals surface area (Å²) in [5.74, 6) is -16.4. The Morgan fingerprint density at radius 2 is 0.576 bits per heavy atom. The molecule has 0 aromatic carbocycles. The first kappa shape index (κ1) is 83.0. The number of carbonyl (C=O) groups is 17. The summed E-state index contributed by atoms with van der Waals surface area (Å²) >= 11 is 0. The predicted molar refractivity (Wildman–Crippen MR) is 329 cm³/mol. The van der Waals surface area contributed by atoms with Crippen LogP contribution in [-0.2, 0) is 81.5 Å². The number of aliphatic carboxylic acids is 2. The second-order valence-corrected chi connectivity index (χ2v) is 25.8. The molecule has 0 heterocycles. The molecule has 0 aliphatic heterocycles. The molecule has 0 aliphatic carbocycles. The highest BCUT2D eigenvalue weighted by atomic mass is 16.4. The van der Waals surface area contributed by atoms with E-state index in [0.29, 0.717) is 0 Å². The van der Waals surface area contributed by atoms with E-state index in [9.17, 15) is 86.6 Å². The molecule has 0 saturated heterocycles. The fourth-order valence-corrected chi connectivity index (χ4v) is 7.53. The number of nitrogens with two attached hydrogens (primary N) is 1. The van der Waals surface area contributed by atoms with Crippen LogP contribution >= 0.6 is 0 Å². The summed E-state index contributed by atoms with van der Waals surface area (Å²) in [6, 6.07) is -12.9. The maximum absolute atomic E-state index is 13.4. The minimum absolute atomic E-state index is 0.471. The third-order valence-electron chi connectivity index (χ3n) is 13.9. The van der Waals surface area contributed by atoms with E-state index in [4.69, 9.17) is 10.8 Å². The monoisotopic (exact) mass is 1310 g/mol. The highest BCUT2D eigenvalue weighted by Crippen LogP contribution is 2.13. The van der Waals surface area contributed by atoms with Crippen LogP contribution in [0.25, 0.3) is 0 Å². The minimum atomic E-state index is -1.72. The number of amides is 15. The van der Waals surface area contributed by atoms with Gasteiger partial charge in [-0.1, -0.05) is 27.7 Å². The summed E-state index contributed by atoms with van der Waals surface area (Å²) in [4.78, 5) is 219. The van der Waals surface area contributed by atoms with Crippen molar-refractivity contribution in [2.24, 2.45) is 17.6 Å². The van der Waals surface area contributed by atoms with Gasteiger partial charge in [-0.05, 0) is 130 Å². The molecule has 0 aromatic rings. The quantitative estimate of drug-likeness (QED) is 0.0281. The molecular weight excluding hydrogens is 1210 g/mol. The summed E-state index contributed by atoms with van der Waals surface area (Å²) < 4.78 is 0. The Morgan fingerprint density at radius 3 is 0.880 bits per heavy atom. The highest BCUT2D eigenvalue weighted by molar-refractivity contribution is 6.02. The van der Waals surface area contributed by atoms with Gasteiger partial charge in [0.15, 0.2) is 0 Å². The van der Waals surface area contributed by atoms with E-state index in [1.807, 2.05) is 0 Å². The van der Waals surface area contributed by atoms with Crippen LogP contribution in [0.3, 0.4) is 0 Å². The average Bonchev–Trinajstić information content (AvgIpc) is 1.20. The molecule has 0 unspecified atom stereocenters. The van der Waals surface area contributed by atoms with E-state index in [2.05, 4.69) is 79.8 Å². The lowest BCUT2D eigenvalue weighted by Crippen LogP contribution is -2.63. The van der Waals surface area contributed by atoms with Crippen LogP contribution in [0.4, 0.5) is 0 Å². The molecular formula is C57H98N16O19. The smallest absolute Gasteiger partial charge is 0.326 e. The third kappa shape index (κ3) is 26.8. The zero-order valence-corrected chi connectivity index (χ0v) is 56.3. The Morgan fingerprint density at radius 1 is 0.315 bits per heavy atom. The van der Waals surface area contributed by atoms with Gasteiger partial charge in [0.05, 0.1) is 19.0 Å². The molecule has 0 spiro atoms. The van der Waals surface area contributed by atoms with Gasteiger partial charge < -0.3 is 95.7 Å². The van der Waals surface area contributed by atoms with Crippen LogP contribution in [0, 0.1) is 11.8 Å². The van der Waals surface area contributed by atoms with Crippen LogP contribution in [0.15, 0.2) is 0 Å². The molecule has 0 rings (SSSR count). The first-order chi connectivity index (χ1) is 41.6. The highest BCUT2D eigenvalue weighted by Gasteiger charge is 2.41. The zero-order chi connectivity index (χ0) is 72.3. The van der Waals surface area contributed by atoms with Crippen molar-refractivity contribution in [2.75, 3.05) is 6.54 Å². The first-order valence-electron chi connectivity index (χ1n) is 29.5. The number of nitrogens with one attached hydrogen (secondary N) is 15. The Kier molecular flexibility index (Phi) is 31.0. The second-order valence-electron chi connectivity index (χ2n) is 25.8. The second kappa shape index (κ2) is 34.4. The standard InChI is InChI=1S/C57H98N16O19/c1-24(2)36(46(85)73-57(20,21)52(92)68-37(25(3)4)47(86)87)67-41(80)29(8)66-48(88)53(12,13)69-34(74)23-59-38(77)26(5)63-49(89)54(14,15)70-42(81)30(9)60-39(78)27(6)64-50(90)55(16,17)71-43(82)31(10)61-40(79)28(7)65-51(91)56(18,19)72-44(83)32(11)62-45(84)33(58)22-35(75)76/h24-33,36-37H,22-23,58H2,1-21H3,(H,59,77)(H,60,78)(H,61,79)(H,62,84)(H,63,89)(H,64,90)(H,65,91)(H,66,88)(H,67,80)(H,68,92)(H,69,74)(H,70,81)(H,71,82)(H,72,83)(H,73,85)(H,75,76)(H,86,87)/t26-,27-,28-,29-,30-,31-,32-,33-,36-,37-/m0/s1. The average molecular weight is 1310 g/mol. The Bertz CT molecular complexity index is 2820. The Balaban J connectivity index is 5.33. The zero-order valence-electron chi connectivity index (χ0n) is 56.3. The van der Waals surface area contributed by atoms with Crippen LogP contribution in [0.1, 0.15) is 152 Å². The van der Waals surface area contributed by atoms with Crippen molar-refractivity contribution in [2.45, 2.75) is 240 Å². The lowest BCUT2D eigenvalue weighted by Gasteiger charge is -2.32. The molecule has 0 radical (unpaired) electrons. The van der Waals surface area contributed by atoms with Crippen LogP contribution in [-0.4, -0.2) is 205 Å². The van der Waals surface area contributed by atoms with Crippen molar-refractivity contribution >= 4 is 101 Å². The lowest BCUT2D eigenvalue weighted by molar-refractivity contribution is -0.144. The number of carboxylic acids is 2. The van der Waals surface area contributed by atoms with E-state index in [-0.39, 0.29) is 0 Å². The predicted octanol–water partition coefficient (Wildman–Crippen LogP) is -5.72. The summed E-state index contributed by atoms with van der Waals surface area (Å²) in [5, 5.41) is 54.5. The SMILES string of the molecule is CC(C)[C@H](NC(=O)C(C)(C)NC(=O)[C@@H](NC(=O)[C@H](C)NC(=O)C(C)(C)NC(=O)CNC(=O)[C@H](C)NC(=O)C(C)(C)NC(=O)[C@H](C)NC(=O)[C@H](C)NC(=O)C(C)(C)NC(=O)[C@H](C)NC(=O)[C@H](C)NC(=O)C(C)(C)NC(=O)[C@H](C)NC(=O)[C@@H](N)CC(=O)O)C(C)C)C(=O)O. The molecule has 35 nitrogen and oxygen atoms in total. The van der Waals surface area contributed by atoms with E-state index in [1.54, 1.807) is 27.7 Å². The molecule has 0 aliphatic rings. The van der Waals surface area contributed by atoms with Crippen LogP contribution in [0.5, 0.6) is 0 Å². The molecule has 0 saturated carbocycles. The number of carboxylic acid groups (broad SMARTS) is 2. The van der Waals surface area contributed by atoms with Crippen molar-refractivity contribution in [3.8, 4) is 0 Å². The van der Waals surface area contributed by atoms with Crippen molar-refractivity contribution < 1.29 is 91.7 Å². The molecule has 35 heteroatoms. The molecule has 19 N–H and O–H groups in total. The van der Waals surface area contributed by atoms with E-state index < -0.39 is 213 Å². The maximum atomic E-state index is 13.4. The molecule has 92 heavy (non-hydrogen) atoms. The molecule has 15 amide bonds. The van der Waals surface area contributed by atoms with Gasteiger partial charge in [0, 0.05) is 0 Å². The van der Waals surface area contributed by atoms with Gasteiger partial charge >= 0.3 is 11.9 Å². The molecule has 0 aromatic heterocycles. The lowest BCUT2D eigenvalue weighted by atomic mass is 9.97. The number of rotatable bonds is 35. The fourth-order valence-electron chi connectivity index (χ4n) is 7.53. The number of hydrogen-bond donors (Lipinski definition) is 18. The van der Waals surface area contributed by atoms with Crippen LogP contribution in [0.2, 0.25) is 0 Å². The molecule has 520 valence electrons. The van der Waals surface area contributed by atoms with Crippen molar-refractivity contribution in [1.82, 2.24) is 79.8 Å². The van der Waals surface area contributed by atoms with Crippen LogP contribution < -0.4 is 85.5 Å². The first-order valence-corrected chi connectivity index (χ1v) is 29.5. The summed E-state index contributed by atoms with van der Waals surface area (Å²) in [7, 11) is 0. The molecule has 10 atom stereocenters. The maximum Gasteiger partial charge on any atom is 0.326 e. The molecule has 0 bridgehead atoms.